The fraction of sp³-hybridized carbons (Fsp3) is 0.222. The zero-order valence-electron chi connectivity index (χ0n) is 19.3. The van der Waals surface area contributed by atoms with Crippen molar-refractivity contribution in [2.24, 2.45) is 0 Å². The number of rotatable bonds is 9. The van der Waals surface area contributed by atoms with E-state index in [-0.39, 0.29) is 11.5 Å². The molecule has 0 saturated heterocycles. The molecule has 7 heteroatoms. The number of carbonyl (C=O) groups excluding carboxylic acids is 1. The van der Waals surface area contributed by atoms with Crippen LogP contribution in [0.4, 0.5) is 0 Å². The Labute approximate surface area is 203 Å². The number of methoxy groups -OCH3 is 1. The summed E-state index contributed by atoms with van der Waals surface area (Å²) in [5.41, 5.74) is 4.28. The highest BCUT2D eigenvalue weighted by Gasteiger charge is 2.15. The van der Waals surface area contributed by atoms with Gasteiger partial charge in [-0.3, -0.25) is 14.2 Å². The van der Waals surface area contributed by atoms with Crippen molar-refractivity contribution in [3.63, 3.8) is 0 Å². The molecule has 174 valence electrons. The Bertz CT molecular complexity index is 1350. The van der Waals surface area contributed by atoms with E-state index >= 15 is 0 Å². The van der Waals surface area contributed by atoms with E-state index in [0.29, 0.717) is 47.1 Å². The highest BCUT2D eigenvalue weighted by molar-refractivity contribution is 7.98. The summed E-state index contributed by atoms with van der Waals surface area (Å²) in [5.74, 6) is 0.472. The van der Waals surface area contributed by atoms with Gasteiger partial charge in [-0.15, -0.1) is 0 Å². The third-order valence-corrected chi connectivity index (χ3v) is 6.60. The quantitative estimate of drug-likeness (QED) is 0.221. The summed E-state index contributed by atoms with van der Waals surface area (Å²) < 4.78 is 6.71. The van der Waals surface area contributed by atoms with Gasteiger partial charge < -0.3 is 10.1 Å². The summed E-state index contributed by atoms with van der Waals surface area (Å²) in [6.45, 7) is 3.35. The van der Waals surface area contributed by atoms with Gasteiger partial charge in [0.25, 0.3) is 11.5 Å². The lowest BCUT2D eigenvalue weighted by Crippen LogP contribution is -2.27. The molecule has 0 aliphatic carbocycles. The van der Waals surface area contributed by atoms with Crippen LogP contribution in [-0.4, -0.2) is 35.7 Å². The molecule has 0 aliphatic rings. The maximum absolute atomic E-state index is 13.5. The topological polar surface area (TPSA) is 73.2 Å². The normalized spacial score (nSPS) is 11.0. The third kappa shape index (κ3) is 5.55. The van der Waals surface area contributed by atoms with Crippen LogP contribution in [0.25, 0.3) is 10.9 Å². The summed E-state index contributed by atoms with van der Waals surface area (Å²) in [6, 6.07) is 23.1. The van der Waals surface area contributed by atoms with E-state index in [9.17, 15) is 9.59 Å². The van der Waals surface area contributed by atoms with Gasteiger partial charge in [0.1, 0.15) is 0 Å². The highest BCUT2D eigenvalue weighted by atomic mass is 32.2. The van der Waals surface area contributed by atoms with Crippen LogP contribution in [0.3, 0.4) is 0 Å². The molecule has 0 atom stereocenters. The van der Waals surface area contributed by atoms with E-state index < -0.39 is 0 Å². The van der Waals surface area contributed by atoms with Crippen molar-refractivity contribution in [3.05, 3.63) is 105 Å². The third-order valence-electron chi connectivity index (χ3n) is 5.58. The average molecular weight is 474 g/mol. The fourth-order valence-electron chi connectivity index (χ4n) is 3.64. The highest BCUT2D eigenvalue weighted by Crippen LogP contribution is 2.25. The minimum atomic E-state index is -0.219. The minimum absolute atomic E-state index is 0.118. The first-order valence-corrected chi connectivity index (χ1v) is 12.1. The van der Waals surface area contributed by atoms with Gasteiger partial charge in [-0.2, -0.15) is 0 Å². The summed E-state index contributed by atoms with van der Waals surface area (Å²) >= 11 is 1.53. The number of carbonyl (C=O) groups is 1. The molecule has 1 N–H and O–H groups in total. The van der Waals surface area contributed by atoms with E-state index in [1.54, 1.807) is 29.9 Å². The molecule has 34 heavy (non-hydrogen) atoms. The van der Waals surface area contributed by atoms with Crippen molar-refractivity contribution in [3.8, 4) is 0 Å². The number of ether oxygens (including phenoxy) is 1. The maximum Gasteiger partial charge on any atom is 0.262 e. The van der Waals surface area contributed by atoms with E-state index in [1.807, 2.05) is 42.5 Å². The Morgan fingerprint density at radius 3 is 2.59 bits per heavy atom. The average Bonchev–Trinajstić information content (AvgIpc) is 2.86. The summed E-state index contributed by atoms with van der Waals surface area (Å²) in [7, 11) is 1.59. The second kappa shape index (κ2) is 11.1. The van der Waals surface area contributed by atoms with Crippen molar-refractivity contribution >= 4 is 28.6 Å². The molecule has 0 fully saturated rings. The molecule has 3 aromatic carbocycles. The lowest BCUT2D eigenvalue weighted by atomic mass is 10.1. The maximum atomic E-state index is 13.5. The fourth-order valence-corrected chi connectivity index (χ4v) is 4.72. The first-order chi connectivity index (χ1) is 16.6. The van der Waals surface area contributed by atoms with Crippen molar-refractivity contribution in [1.29, 1.82) is 0 Å². The molecule has 0 unspecified atom stereocenters. The van der Waals surface area contributed by atoms with Crippen LogP contribution < -0.4 is 10.9 Å². The van der Waals surface area contributed by atoms with Crippen molar-refractivity contribution in [1.82, 2.24) is 14.9 Å². The first-order valence-electron chi connectivity index (χ1n) is 11.1. The molecule has 0 saturated carbocycles. The Hall–Kier alpha value is -3.42. The minimum Gasteiger partial charge on any atom is -0.383 e. The Morgan fingerprint density at radius 1 is 1.06 bits per heavy atom. The number of fused-ring (bicyclic) bond motifs is 1. The number of nitrogens with zero attached hydrogens (tertiary/aromatic N) is 2. The van der Waals surface area contributed by atoms with Gasteiger partial charge in [0, 0.05) is 25.0 Å². The SMILES string of the molecule is COCCNC(=O)c1ccc2c(=O)n(Cc3ccccc3)c(SCc3ccccc3C)nc2c1. The van der Waals surface area contributed by atoms with Crippen molar-refractivity contribution in [2.45, 2.75) is 24.4 Å². The number of aromatic nitrogens is 2. The van der Waals surface area contributed by atoms with Crippen LogP contribution in [0.1, 0.15) is 27.0 Å². The van der Waals surface area contributed by atoms with Crippen LogP contribution >= 0.6 is 11.8 Å². The second-order valence-electron chi connectivity index (χ2n) is 7.97. The monoisotopic (exact) mass is 473 g/mol. The number of amides is 1. The zero-order chi connectivity index (χ0) is 23.9. The van der Waals surface area contributed by atoms with E-state index in [2.05, 4.69) is 24.4 Å². The molecule has 0 spiro atoms. The van der Waals surface area contributed by atoms with Gasteiger partial charge in [-0.25, -0.2) is 4.98 Å². The first kappa shape index (κ1) is 23.7. The number of aryl methyl sites for hydroxylation is 1. The molecule has 0 aliphatic heterocycles. The number of benzene rings is 3. The van der Waals surface area contributed by atoms with Gasteiger partial charge in [0.05, 0.1) is 24.1 Å². The molecular weight excluding hydrogens is 446 g/mol. The molecule has 4 rings (SSSR count). The summed E-state index contributed by atoms with van der Waals surface area (Å²) in [4.78, 5) is 30.9. The molecule has 4 aromatic rings. The Balaban J connectivity index is 1.73. The molecule has 1 aromatic heterocycles. The van der Waals surface area contributed by atoms with Crippen LogP contribution in [0, 0.1) is 6.92 Å². The van der Waals surface area contributed by atoms with E-state index in [4.69, 9.17) is 9.72 Å². The predicted octanol–water partition coefficient (Wildman–Crippen LogP) is 4.42. The largest absolute Gasteiger partial charge is 0.383 e. The molecule has 1 heterocycles. The molecule has 0 radical (unpaired) electrons. The van der Waals surface area contributed by atoms with Crippen LogP contribution in [0.2, 0.25) is 0 Å². The van der Waals surface area contributed by atoms with Crippen molar-refractivity contribution in [2.75, 3.05) is 20.3 Å². The molecular formula is C27H27N3O3S. The zero-order valence-corrected chi connectivity index (χ0v) is 20.1. The second-order valence-corrected chi connectivity index (χ2v) is 8.91. The number of hydrogen-bond acceptors (Lipinski definition) is 5. The predicted molar refractivity (Wildman–Crippen MR) is 136 cm³/mol. The van der Waals surface area contributed by atoms with Crippen LogP contribution in [0.5, 0.6) is 0 Å². The summed E-state index contributed by atoms with van der Waals surface area (Å²) in [6.07, 6.45) is 0. The number of nitrogens with one attached hydrogen (secondary N) is 1. The van der Waals surface area contributed by atoms with Crippen LogP contribution in [-0.2, 0) is 17.0 Å². The smallest absolute Gasteiger partial charge is 0.262 e. The summed E-state index contributed by atoms with van der Waals surface area (Å²) in [5, 5.41) is 3.93. The van der Waals surface area contributed by atoms with Crippen molar-refractivity contribution < 1.29 is 9.53 Å². The molecule has 6 nitrogen and oxygen atoms in total. The molecule has 1 amide bonds. The van der Waals surface area contributed by atoms with Gasteiger partial charge >= 0.3 is 0 Å². The van der Waals surface area contributed by atoms with Gasteiger partial charge in [-0.1, -0.05) is 66.4 Å². The lowest BCUT2D eigenvalue weighted by molar-refractivity contribution is 0.0937. The standard InChI is InChI=1S/C27H27N3O3S/c1-19-8-6-7-11-22(19)18-34-27-29-24-16-21(25(31)28-14-15-33-2)12-13-23(24)26(32)30(27)17-20-9-4-3-5-10-20/h3-13,16H,14-15,17-18H2,1-2H3,(H,28,31). The van der Waals surface area contributed by atoms with Gasteiger partial charge in [0.2, 0.25) is 0 Å². The van der Waals surface area contributed by atoms with E-state index in [1.165, 1.54) is 22.9 Å². The Kier molecular flexibility index (Phi) is 7.77. The molecule has 0 bridgehead atoms. The van der Waals surface area contributed by atoms with Crippen LogP contribution in [0.15, 0.2) is 82.7 Å². The Morgan fingerprint density at radius 2 is 1.82 bits per heavy atom. The number of thioether (sulfide) groups is 1. The lowest BCUT2D eigenvalue weighted by Gasteiger charge is -2.14. The van der Waals surface area contributed by atoms with E-state index in [0.717, 1.165) is 5.56 Å². The number of hydrogen-bond donors (Lipinski definition) is 1. The van der Waals surface area contributed by atoms with Gasteiger partial charge in [-0.05, 0) is 41.8 Å². The van der Waals surface area contributed by atoms with Gasteiger partial charge in [0.15, 0.2) is 5.16 Å².